The zero-order valence-corrected chi connectivity index (χ0v) is 21.5. The molecule has 174 valence electrons. The third-order valence-electron chi connectivity index (χ3n) is 5.73. The Kier molecular flexibility index (Phi) is 9.65. The number of nitrogens with zero attached hydrogens (tertiary/aromatic N) is 1. The van der Waals surface area contributed by atoms with Crippen LogP contribution in [-0.4, -0.2) is 42.2 Å². The highest BCUT2D eigenvalue weighted by Gasteiger charge is 2.30. The lowest BCUT2D eigenvalue weighted by molar-refractivity contribution is -0.130. The van der Waals surface area contributed by atoms with Gasteiger partial charge in [0.25, 0.3) is 0 Å². The van der Waals surface area contributed by atoms with Gasteiger partial charge in [-0.15, -0.1) is 11.8 Å². The van der Waals surface area contributed by atoms with Gasteiger partial charge in [-0.2, -0.15) is 0 Å². The lowest BCUT2D eigenvalue weighted by atomic mass is 9.86. The molecule has 1 aliphatic heterocycles. The Balaban J connectivity index is 1.35. The zero-order valence-electron chi connectivity index (χ0n) is 19.1. The van der Waals surface area contributed by atoms with E-state index in [2.05, 4.69) is 40.1 Å². The number of benzene rings is 2. The normalized spacial score (nSPS) is 15.5. The number of hydrogen-bond donors (Lipinski definition) is 1. The highest BCUT2D eigenvalue weighted by Crippen LogP contribution is 2.29. The van der Waals surface area contributed by atoms with Gasteiger partial charge in [0.15, 0.2) is 0 Å². The Morgan fingerprint density at radius 3 is 2.34 bits per heavy atom. The van der Waals surface area contributed by atoms with E-state index < -0.39 is 5.41 Å². The molecule has 3 rings (SSSR count). The Labute approximate surface area is 205 Å². The van der Waals surface area contributed by atoms with E-state index in [0.717, 1.165) is 44.5 Å². The van der Waals surface area contributed by atoms with Crippen LogP contribution >= 0.6 is 35.3 Å². The number of ether oxygens (including phenoxy) is 1. The molecule has 1 saturated heterocycles. The molecule has 1 fully saturated rings. The van der Waals surface area contributed by atoms with Crippen LogP contribution in [0.25, 0.3) is 0 Å². The molecule has 0 atom stereocenters. The van der Waals surface area contributed by atoms with E-state index in [-0.39, 0.29) is 11.9 Å². The Bertz CT molecular complexity index is 851. The van der Waals surface area contributed by atoms with Crippen LogP contribution in [0, 0.1) is 5.41 Å². The van der Waals surface area contributed by atoms with Crippen molar-refractivity contribution in [2.75, 3.05) is 26.0 Å². The Morgan fingerprint density at radius 1 is 1.09 bits per heavy atom. The monoisotopic (exact) mass is 492 g/mol. The van der Waals surface area contributed by atoms with Crippen molar-refractivity contribution in [3.8, 4) is 5.75 Å². The smallest absolute Gasteiger partial charge is 0.225 e. The van der Waals surface area contributed by atoms with Gasteiger partial charge in [-0.1, -0.05) is 25.4 Å². The minimum Gasteiger partial charge on any atom is -0.494 e. The van der Waals surface area contributed by atoms with Gasteiger partial charge in [0, 0.05) is 39.4 Å². The first-order chi connectivity index (χ1) is 15.4. The Hall–Kier alpha value is -1.34. The van der Waals surface area contributed by atoms with Crippen LogP contribution in [0.1, 0.15) is 39.5 Å². The predicted octanol–water partition coefficient (Wildman–Crippen LogP) is 6.54. The largest absolute Gasteiger partial charge is 0.494 e. The van der Waals surface area contributed by atoms with Crippen LogP contribution in [0.2, 0.25) is 5.02 Å². The standard InChI is InChI=1S/C25H33ClN2O2S2/c1-25(2,15-4-18-30-21-7-5-19(26)6-8-21)24(29)27-20-13-16-28(17-14-20)32-23-11-9-22(31-3)10-12-23/h5-12,20H,4,13-18H2,1-3H3,(H,27,29). The summed E-state index contributed by atoms with van der Waals surface area (Å²) in [6, 6.07) is 16.3. The van der Waals surface area contributed by atoms with Crippen LogP contribution in [0.15, 0.2) is 58.3 Å². The minimum absolute atomic E-state index is 0.141. The van der Waals surface area contributed by atoms with E-state index in [9.17, 15) is 4.79 Å². The van der Waals surface area contributed by atoms with Gasteiger partial charge >= 0.3 is 0 Å². The maximum absolute atomic E-state index is 12.9. The van der Waals surface area contributed by atoms with Crippen molar-refractivity contribution in [1.29, 1.82) is 0 Å². The fourth-order valence-corrected chi connectivity index (χ4v) is 5.09. The molecule has 32 heavy (non-hydrogen) atoms. The van der Waals surface area contributed by atoms with Crippen molar-refractivity contribution in [2.45, 2.75) is 55.4 Å². The topological polar surface area (TPSA) is 41.6 Å². The molecule has 2 aromatic carbocycles. The van der Waals surface area contributed by atoms with Crippen LogP contribution in [0.3, 0.4) is 0 Å². The molecule has 0 spiro atoms. The van der Waals surface area contributed by atoms with Crippen LogP contribution in [0.5, 0.6) is 5.75 Å². The summed E-state index contributed by atoms with van der Waals surface area (Å²) in [6.45, 7) is 6.60. The minimum atomic E-state index is -0.408. The number of carbonyl (C=O) groups is 1. The molecule has 0 bridgehead atoms. The van der Waals surface area contributed by atoms with Crippen molar-refractivity contribution in [1.82, 2.24) is 9.62 Å². The van der Waals surface area contributed by atoms with Crippen LogP contribution < -0.4 is 10.1 Å². The highest BCUT2D eigenvalue weighted by atomic mass is 35.5. The van der Waals surface area contributed by atoms with Crippen molar-refractivity contribution in [2.24, 2.45) is 5.41 Å². The summed E-state index contributed by atoms with van der Waals surface area (Å²) in [7, 11) is 0. The Morgan fingerprint density at radius 2 is 1.72 bits per heavy atom. The fourth-order valence-electron chi connectivity index (χ4n) is 3.61. The summed E-state index contributed by atoms with van der Waals surface area (Å²) >= 11 is 9.47. The number of amides is 1. The number of hydrogen-bond acceptors (Lipinski definition) is 5. The first-order valence-corrected chi connectivity index (χ1v) is 13.5. The summed E-state index contributed by atoms with van der Waals surface area (Å²) in [6.07, 6.45) is 5.67. The molecule has 0 aromatic heterocycles. The maximum atomic E-state index is 12.9. The first-order valence-electron chi connectivity index (χ1n) is 11.1. The summed E-state index contributed by atoms with van der Waals surface area (Å²) in [5, 5.41) is 3.99. The average Bonchev–Trinajstić information content (AvgIpc) is 2.79. The molecule has 1 aliphatic rings. The second-order valence-corrected chi connectivity index (χ2v) is 11.2. The SMILES string of the molecule is CSc1ccc(SN2CCC(NC(=O)C(C)(C)CCCOc3ccc(Cl)cc3)CC2)cc1. The summed E-state index contributed by atoms with van der Waals surface area (Å²) in [4.78, 5) is 15.4. The second kappa shape index (κ2) is 12.2. The fraction of sp³-hybridized carbons (Fsp3) is 0.480. The lowest BCUT2D eigenvalue weighted by Crippen LogP contribution is -2.47. The number of rotatable bonds is 10. The van der Waals surface area contributed by atoms with Crippen molar-refractivity contribution >= 4 is 41.2 Å². The molecule has 1 amide bonds. The van der Waals surface area contributed by atoms with Gasteiger partial charge in [-0.3, -0.25) is 4.79 Å². The van der Waals surface area contributed by atoms with Gasteiger partial charge in [-0.25, -0.2) is 4.31 Å². The number of carbonyl (C=O) groups excluding carboxylic acids is 1. The van der Waals surface area contributed by atoms with E-state index in [1.807, 2.05) is 50.1 Å². The molecule has 0 unspecified atom stereocenters. The third kappa shape index (κ3) is 7.91. The van der Waals surface area contributed by atoms with Gasteiger partial charge in [0.1, 0.15) is 5.75 Å². The molecule has 0 saturated carbocycles. The number of piperidine rings is 1. The van der Waals surface area contributed by atoms with Crippen molar-refractivity contribution in [3.05, 3.63) is 53.6 Å². The van der Waals surface area contributed by atoms with Crippen LogP contribution in [-0.2, 0) is 4.79 Å². The average molecular weight is 493 g/mol. The quantitative estimate of drug-likeness (QED) is 0.232. The molecule has 1 heterocycles. The zero-order chi connectivity index (χ0) is 23.0. The van der Waals surface area contributed by atoms with E-state index in [1.165, 1.54) is 9.79 Å². The van der Waals surface area contributed by atoms with Gasteiger partial charge in [0.05, 0.1) is 6.61 Å². The molecule has 0 radical (unpaired) electrons. The van der Waals surface area contributed by atoms with E-state index in [4.69, 9.17) is 16.3 Å². The third-order valence-corrected chi connectivity index (χ3v) is 7.83. The molecular formula is C25H33ClN2O2S2. The summed E-state index contributed by atoms with van der Waals surface area (Å²) < 4.78 is 8.16. The van der Waals surface area contributed by atoms with E-state index in [1.54, 1.807) is 11.8 Å². The molecule has 2 aromatic rings. The van der Waals surface area contributed by atoms with E-state index in [0.29, 0.717) is 11.6 Å². The highest BCUT2D eigenvalue weighted by molar-refractivity contribution is 7.98. The predicted molar refractivity (Wildman–Crippen MR) is 137 cm³/mol. The number of nitrogens with one attached hydrogen (secondary N) is 1. The van der Waals surface area contributed by atoms with Crippen molar-refractivity contribution < 1.29 is 9.53 Å². The number of halogens is 1. The van der Waals surface area contributed by atoms with E-state index >= 15 is 0 Å². The summed E-state index contributed by atoms with van der Waals surface area (Å²) in [5.41, 5.74) is -0.408. The van der Waals surface area contributed by atoms with Gasteiger partial charge in [-0.05, 0) is 92.4 Å². The van der Waals surface area contributed by atoms with Gasteiger partial charge < -0.3 is 10.1 Å². The number of thioether (sulfide) groups is 1. The molecule has 1 N–H and O–H groups in total. The lowest BCUT2D eigenvalue weighted by Gasteiger charge is -2.33. The second-order valence-electron chi connectivity index (χ2n) is 8.73. The summed E-state index contributed by atoms with van der Waals surface area (Å²) in [5.74, 6) is 0.948. The molecular weight excluding hydrogens is 460 g/mol. The maximum Gasteiger partial charge on any atom is 0.225 e. The molecule has 4 nitrogen and oxygen atoms in total. The molecule has 0 aliphatic carbocycles. The van der Waals surface area contributed by atoms with Gasteiger partial charge in [0.2, 0.25) is 5.91 Å². The van der Waals surface area contributed by atoms with Crippen molar-refractivity contribution in [3.63, 3.8) is 0 Å². The first kappa shape index (κ1) is 25.3. The van der Waals surface area contributed by atoms with Crippen LogP contribution in [0.4, 0.5) is 0 Å². The molecule has 7 heteroatoms.